The highest BCUT2D eigenvalue weighted by Crippen LogP contribution is 2.28. The maximum atomic E-state index is 13.0. The van der Waals surface area contributed by atoms with Crippen molar-refractivity contribution in [2.45, 2.75) is 30.6 Å². The van der Waals surface area contributed by atoms with Crippen molar-refractivity contribution < 1.29 is 22.8 Å². The van der Waals surface area contributed by atoms with Crippen LogP contribution in [0.1, 0.15) is 40.2 Å². The number of anilines is 2. The molecule has 0 spiro atoms. The minimum Gasteiger partial charge on any atom is -0.322 e. The number of sulfonamides is 1. The molecule has 9 heteroatoms. The van der Waals surface area contributed by atoms with Crippen molar-refractivity contribution in [2.75, 3.05) is 10.0 Å². The number of imide groups is 1. The van der Waals surface area contributed by atoms with Gasteiger partial charge >= 0.3 is 0 Å². The van der Waals surface area contributed by atoms with Gasteiger partial charge in [-0.2, -0.15) is 0 Å². The SMILES string of the molecule is Cc1ccc(C(=O)Nc2cccc(S(=O)(=O)Nc3cccc(C4CCC(=O)NC4=O)c3)c2)cc1. The number of rotatable bonds is 6. The molecule has 3 aromatic rings. The van der Waals surface area contributed by atoms with E-state index in [-0.39, 0.29) is 28.8 Å². The zero-order chi connectivity index (χ0) is 24.3. The molecule has 1 aliphatic rings. The lowest BCUT2D eigenvalue weighted by Gasteiger charge is -2.21. The number of amides is 3. The second kappa shape index (κ2) is 9.48. The van der Waals surface area contributed by atoms with Crippen LogP contribution in [0.15, 0.2) is 77.7 Å². The Kier molecular flexibility index (Phi) is 6.47. The topological polar surface area (TPSA) is 121 Å². The Hall–Kier alpha value is -3.98. The maximum Gasteiger partial charge on any atom is 0.261 e. The van der Waals surface area contributed by atoms with Gasteiger partial charge in [0.15, 0.2) is 0 Å². The lowest BCUT2D eigenvalue weighted by Crippen LogP contribution is -2.39. The molecule has 1 atom stereocenters. The highest BCUT2D eigenvalue weighted by molar-refractivity contribution is 7.92. The second-order valence-electron chi connectivity index (χ2n) is 8.08. The van der Waals surface area contributed by atoms with Gasteiger partial charge in [0, 0.05) is 23.4 Å². The standard InChI is InChI=1S/C25H23N3O5S/c1-16-8-10-17(11-9-16)24(30)26-19-5-3-7-21(15-19)34(32,33)28-20-6-2-4-18(14-20)22-12-13-23(29)27-25(22)31/h2-11,14-15,22,28H,12-13H2,1H3,(H,26,30)(H,27,29,31). The Morgan fingerprint density at radius 2 is 1.65 bits per heavy atom. The molecule has 1 saturated heterocycles. The molecule has 0 aliphatic carbocycles. The highest BCUT2D eigenvalue weighted by Gasteiger charge is 2.28. The predicted octanol–water partition coefficient (Wildman–Crippen LogP) is 3.57. The minimum absolute atomic E-state index is 0.0272. The van der Waals surface area contributed by atoms with Crippen molar-refractivity contribution in [3.63, 3.8) is 0 Å². The van der Waals surface area contributed by atoms with Crippen LogP contribution in [0.25, 0.3) is 0 Å². The number of aryl methyl sites for hydroxylation is 1. The Morgan fingerprint density at radius 3 is 2.38 bits per heavy atom. The third kappa shape index (κ3) is 5.32. The Balaban J connectivity index is 1.51. The number of carbonyl (C=O) groups is 3. The number of nitrogens with one attached hydrogen (secondary N) is 3. The number of benzene rings is 3. The van der Waals surface area contributed by atoms with Gasteiger partial charge in [-0.15, -0.1) is 0 Å². The molecule has 1 unspecified atom stereocenters. The summed E-state index contributed by atoms with van der Waals surface area (Å²) < 4.78 is 28.5. The quantitative estimate of drug-likeness (QED) is 0.469. The van der Waals surface area contributed by atoms with Gasteiger partial charge in [-0.05, 0) is 61.4 Å². The molecule has 4 rings (SSSR count). The van der Waals surface area contributed by atoms with Gasteiger partial charge in [-0.3, -0.25) is 24.4 Å². The first-order valence-electron chi connectivity index (χ1n) is 10.7. The smallest absolute Gasteiger partial charge is 0.261 e. The Bertz CT molecular complexity index is 1370. The number of hydrogen-bond acceptors (Lipinski definition) is 5. The average Bonchev–Trinajstić information content (AvgIpc) is 2.79. The zero-order valence-electron chi connectivity index (χ0n) is 18.4. The summed E-state index contributed by atoms with van der Waals surface area (Å²) in [5, 5.41) is 5.02. The summed E-state index contributed by atoms with van der Waals surface area (Å²) in [5.41, 5.74) is 2.73. The van der Waals surface area contributed by atoms with E-state index in [0.29, 0.717) is 23.2 Å². The molecule has 3 N–H and O–H groups in total. The lowest BCUT2D eigenvalue weighted by molar-refractivity contribution is -0.134. The van der Waals surface area contributed by atoms with Crippen LogP contribution >= 0.6 is 0 Å². The van der Waals surface area contributed by atoms with E-state index in [1.165, 1.54) is 12.1 Å². The minimum atomic E-state index is -3.97. The van der Waals surface area contributed by atoms with E-state index in [1.807, 2.05) is 19.1 Å². The largest absolute Gasteiger partial charge is 0.322 e. The molecule has 174 valence electrons. The van der Waals surface area contributed by atoms with Crippen LogP contribution in [0.2, 0.25) is 0 Å². The zero-order valence-corrected chi connectivity index (χ0v) is 19.2. The van der Waals surface area contributed by atoms with Crippen LogP contribution in [-0.4, -0.2) is 26.1 Å². The van der Waals surface area contributed by atoms with E-state index in [2.05, 4.69) is 15.4 Å². The fourth-order valence-corrected chi connectivity index (χ4v) is 4.79. The van der Waals surface area contributed by atoms with Gasteiger partial charge in [0.05, 0.1) is 10.8 Å². The van der Waals surface area contributed by atoms with Crippen molar-refractivity contribution in [1.29, 1.82) is 0 Å². The van der Waals surface area contributed by atoms with Crippen LogP contribution in [0.5, 0.6) is 0 Å². The third-order valence-corrected chi connectivity index (χ3v) is 6.88. The van der Waals surface area contributed by atoms with Gasteiger partial charge in [0.1, 0.15) is 0 Å². The van der Waals surface area contributed by atoms with Crippen LogP contribution < -0.4 is 15.4 Å². The van der Waals surface area contributed by atoms with Gasteiger partial charge in [0.25, 0.3) is 15.9 Å². The van der Waals surface area contributed by atoms with Crippen LogP contribution in [0, 0.1) is 6.92 Å². The summed E-state index contributed by atoms with van der Waals surface area (Å²) >= 11 is 0. The fraction of sp³-hybridized carbons (Fsp3) is 0.160. The normalized spacial score (nSPS) is 16.0. The Morgan fingerprint density at radius 1 is 0.941 bits per heavy atom. The molecule has 3 amide bonds. The molecular formula is C25H23N3O5S. The summed E-state index contributed by atoms with van der Waals surface area (Å²) in [6.07, 6.45) is 0.594. The van der Waals surface area contributed by atoms with E-state index in [0.717, 1.165) is 5.56 Å². The third-order valence-electron chi connectivity index (χ3n) is 5.50. The van der Waals surface area contributed by atoms with Crippen molar-refractivity contribution in [3.05, 3.63) is 89.5 Å². The molecule has 0 bridgehead atoms. The molecule has 8 nitrogen and oxygen atoms in total. The predicted molar refractivity (Wildman–Crippen MR) is 128 cm³/mol. The maximum absolute atomic E-state index is 13.0. The van der Waals surface area contributed by atoms with Crippen molar-refractivity contribution >= 4 is 39.1 Å². The fourth-order valence-electron chi connectivity index (χ4n) is 3.69. The van der Waals surface area contributed by atoms with E-state index < -0.39 is 21.8 Å². The first-order chi connectivity index (χ1) is 16.2. The molecule has 1 heterocycles. The molecular weight excluding hydrogens is 454 g/mol. The molecule has 3 aromatic carbocycles. The second-order valence-corrected chi connectivity index (χ2v) is 9.77. The van der Waals surface area contributed by atoms with E-state index in [4.69, 9.17) is 0 Å². The van der Waals surface area contributed by atoms with Crippen molar-refractivity contribution in [2.24, 2.45) is 0 Å². The summed E-state index contributed by atoms with van der Waals surface area (Å²) in [6.45, 7) is 1.92. The van der Waals surface area contributed by atoms with Crippen LogP contribution in [0.3, 0.4) is 0 Å². The number of carbonyl (C=O) groups excluding carboxylic acids is 3. The van der Waals surface area contributed by atoms with Gasteiger partial charge < -0.3 is 5.32 Å². The monoisotopic (exact) mass is 477 g/mol. The lowest BCUT2D eigenvalue weighted by atomic mass is 9.90. The van der Waals surface area contributed by atoms with Gasteiger partial charge in [-0.25, -0.2) is 8.42 Å². The van der Waals surface area contributed by atoms with Crippen molar-refractivity contribution in [1.82, 2.24) is 5.32 Å². The highest BCUT2D eigenvalue weighted by atomic mass is 32.2. The van der Waals surface area contributed by atoms with E-state index in [9.17, 15) is 22.8 Å². The summed E-state index contributed by atoms with van der Waals surface area (Å²) in [6, 6.07) is 19.5. The Labute approximate surface area is 197 Å². The molecule has 34 heavy (non-hydrogen) atoms. The average molecular weight is 478 g/mol. The summed E-state index contributed by atoms with van der Waals surface area (Å²) in [5.74, 6) is -1.58. The van der Waals surface area contributed by atoms with Gasteiger partial charge in [-0.1, -0.05) is 35.9 Å². The van der Waals surface area contributed by atoms with E-state index in [1.54, 1.807) is 48.5 Å². The first kappa shape index (κ1) is 23.2. The summed E-state index contributed by atoms with van der Waals surface area (Å²) in [7, 11) is -3.97. The molecule has 1 fully saturated rings. The van der Waals surface area contributed by atoms with Crippen molar-refractivity contribution in [3.8, 4) is 0 Å². The number of piperidine rings is 1. The summed E-state index contributed by atoms with van der Waals surface area (Å²) in [4.78, 5) is 36.0. The molecule has 0 aromatic heterocycles. The van der Waals surface area contributed by atoms with Crippen LogP contribution in [0.4, 0.5) is 11.4 Å². The number of hydrogen-bond donors (Lipinski definition) is 3. The van der Waals surface area contributed by atoms with Gasteiger partial charge in [0.2, 0.25) is 11.8 Å². The van der Waals surface area contributed by atoms with Crippen LogP contribution in [-0.2, 0) is 19.6 Å². The molecule has 0 saturated carbocycles. The van der Waals surface area contributed by atoms with E-state index >= 15 is 0 Å². The molecule has 1 aliphatic heterocycles. The molecule has 0 radical (unpaired) electrons. The first-order valence-corrected chi connectivity index (χ1v) is 12.1.